The van der Waals surface area contributed by atoms with Crippen LogP contribution in [0, 0.1) is 5.82 Å². The van der Waals surface area contributed by atoms with Crippen molar-refractivity contribution in [2.24, 2.45) is 5.73 Å². The Hall–Kier alpha value is -3.01. The zero-order chi connectivity index (χ0) is 29.5. The van der Waals surface area contributed by atoms with Crippen molar-refractivity contribution in [2.75, 3.05) is 40.1 Å². The number of methoxy groups -OCH3 is 1. The van der Waals surface area contributed by atoms with Crippen LogP contribution in [-0.2, 0) is 9.47 Å². The molecule has 7 nitrogen and oxygen atoms in total. The predicted molar refractivity (Wildman–Crippen MR) is 163 cm³/mol. The Morgan fingerprint density at radius 3 is 2.40 bits per heavy atom. The zero-order valence-corrected chi connectivity index (χ0v) is 24.7. The number of carbonyl (C=O) groups excluding carboxylic acids is 1. The number of ether oxygens (including phenoxy) is 3. The standard InChI is InChI=1S/C33H39ClFN3O4/c1-40-15-16-42-30-14-12-26(33(36)39)31(32(30)35)27-17-22(7-13-29(27)34)28(21-5-3-2-4-6-21)18-37-23-8-10-24(11-9-23)38-25-19-41-20-25/h2-7,12-14,17,23-25,28,37-38H,8-11,15-16,18-20H2,1H3,(H2,36,39). The summed E-state index contributed by atoms with van der Waals surface area (Å²) in [7, 11) is 1.54. The van der Waals surface area contributed by atoms with Crippen molar-refractivity contribution in [1.82, 2.24) is 10.6 Å². The van der Waals surface area contributed by atoms with Gasteiger partial charge in [0.05, 0.1) is 31.4 Å². The van der Waals surface area contributed by atoms with Gasteiger partial charge in [-0.2, -0.15) is 0 Å². The maximum Gasteiger partial charge on any atom is 0.249 e. The molecule has 1 saturated heterocycles. The van der Waals surface area contributed by atoms with Gasteiger partial charge in [0, 0.05) is 47.8 Å². The molecule has 1 amide bonds. The molecule has 1 aliphatic carbocycles. The molecule has 3 aromatic rings. The van der Waals surface area contributed by atoms with Crippen molar-refractivity contribution in [3.63, 3.8) is 0 Å². The Labute approximate surface area is 251 Å². The molecule has 224 valence electrons. The molecular formula is C33H39ClFN3O4. The molecule has 3 aromatic carbocycles. The highest BCUT2D eigenvalue weighted by molar-refractivity contribution is 6.33. The lowest BCUT2D eigenvalue weighted by molar-refractivity contribution is -0.0123. The Balaban J connectivity index is 1.40. The van der Waals surface area contributed by atoms with Crippen LogP contribution in [0.25, 0.3) is 11.1 Å². The summed E-state index contributed by atoms with van der Waals surface area (Å²) in [5.41, 5.74) is 8.23. The Bertz CT molecular complexity index is 1350. The third-order valence-electron chi connectivity index (χ3n) is 8.23. The Kier molecular flexibility index (Phi) is 10.5. The average Bonchev–Trinajstić information content (AvgIpc) is 2.98. The molecule has 5 rings (SSSR count). The van der Waals surface area contributed by atoms with Crippen molar-refractivity contribution in [3.05, 3.63) is 88.2 Å². The monoisotopic (exact) mass is 595 g/mol. The molecule has 1 aliphatic heterocycles. The van der Waals surface area contributed by atoms with Crippen molar-refractivity contribution in [1.29, 1.82) is 0 Å². The molecule has 0 aromatic heterocycles. The first-order valence-corrected chi connectivity index (χ1v) is 15.0. The zero-order valence-electron chi connectivity index (χ0n) is 23.9. The number of primary amides is 1. The summed E-state index contributed by atoms with van der Waals surface area (Å²) in [6, 6.07) is 20.2. The molecule has 1 atom stereocenters. The average molecular weight is 596 g/mol. The van der Waals surface area contributed by atoms with E-state index in [1.807, 2.05) is 30.3 Å². The molecule has 0 spiro atoms. The van der Waals surface area contributed by atoms with E-state index in [2.05, 4.69) is 22.8 Å². The SMILES string of the molecule is COCCOc1ccc(C(N)=O)c(-c2cc(C(CNC3CCC(NC4COC4)CC3)c3ccccc3)ccc2Cl)c1F. The lowest BCUT2D eigenvalue weighted by atomic mass is 9.86. The van der Waals surface area contributed by atoms with Crippen LogP contribution in [-0.4, -0.2) is 64.1 Å². The van der Waals surface area contributed by atoms with Crippen LogP contribution < -0.4 is 21.1 Å². The third kappa shape index (κ3) is 7.30. The molecule has 1 unspecified atom stereocenters. The fraction of sp³-hybridized carbons (Fsp3) is 0.424. The summed E-state index contributed by atoms with van der Waals surface area (Å²) in [6.45, 7) is 2.79. The van der Waals surface area contributed by atoms with E-state index in [-0.39, 0.29) is 29.4 Å². The van der Waals surface area contributed by atoms with E-state index in [1.54, 1.807) is 13.2 Å². The van der Waals surface area contributed by atoms with E-state index in [0.717, 1.165) is 50.0 Å². The van der Waals surface area contributed by atoms with Crippen LogP contribution in [0.2, 0.25) is 5.02 Å². The summed E-state index contributed by atoms with van der Waals surface area (Å²) >= 11 is 6.66. The van der Waals surface area contributed by atoms with Gasteiger partial charge in [-0.05, 0) is 61.1 Å². The minimum absolute atomic E-state index is 0.00437. The summed E-state index contributed by atoms with van der Waals surface area (Å²) in [5.74, 6) is -1.45. The van der Waals surface area contributed by atoms with Crippen LogP contribution in [0.4, 0.5) is 4.39 Å². The van der Waals surface area contributed by atoms with E-state index in [0.29, 0.717) is 41.9 Å². The topological polar surface area (TPSA) is 94.8 Å². The first kappa shape index (κ1) is 30.4. The van der Waals surface area contributed by atoms with E-state index >= 15 is 4.39 Å². The fourth-order valence-electron chi connectivity index (χ4n) is 5.85. The maximum atomic E-state index is 15.9. The minimum atomic E-state index is -0.745. The highest BCUT2D eigenvalue weighted by Crippen LogP contribution is 2.39. The number of hydrogen-bond donors (Lipinski definition) is 3. The van der Waals surface area contributed by atoms with Gasteiger partial charge in [-0.3, -0.25) is 4.79 Å². The Morgan fingerprint density at radius 2 is 1.74 bits per heavy atom. The molecule has 2 fully saturated rings. The second kappa shape index (κ2) is 14.4. The van der Waals surface area contributed by atoms with Gasteiger partial charge in [0.25, 0.3) is 0 Å². The number of nitrogens with two attached hydrogens (primary N) is 1. The van der Waals surface area contributed by atoms with Gasteiger partial charge < -0.3 is 30.6 Å². The smallest absolute Gasteiger partial charge is 0.249 e. The number of amides is 1. The normalized spacial score (nSPS) is 19.7. The predicted octanol–water partition coefficient (Wildman–Crippen LogP) is 5.29. The maximum absolute atomic E-state index is 15.9. The lowest BCUT2D eigenvalue weighted by Crippen LogP contribution is -2.52. The molecule has 42 heavy (non-hydrogen) atoms. The van der Waals surface area contributed by atoms with Gasteiger partial charge in [-0.1, -0.05) is 48.0 Å². The summed E-state index contributed by atoms with van der Waals surface area (Å²) in [4.78, 5) is 12.4. The van der Waals surface area contributed by atoms with Crippen LogP contribution in [0.1, 0.15) is 53.1 Å². The van der Waals surface area contributed by atoms with E-state index < -0.39 is 11.7 Å². The van der Waals surface area contributed by atoms with Crippen LogP contribution >= 0.6 is 11.6 Å². The van der Waals surface area contributed by atoms with Crippen molar-refractivity contribution in [3.8, 4) is 16.9 Å². The van der Waals surface area contributed by atoms with Gasteiger partial charge >= 0.3 is 0 Å². The summed E-state index contributed by atoms with van der Waals surface area (Å²) in [6.07, 6.45) is 4.46. The minimum Gasteiger partial charge on any atom is -0.488 e. The van der Waals surface area contributed by atoms with Crippen molar-refractivity contribution in [2.45, 2.75) is 49.7 Å². The number of nitrogens with one attached hydrogen (secondary N) is 2. The van der Waals surface area contributed by atoms with E-state index in [4.69, 9.17) is 31.5 Å². The first-order chi connectivity index (χ1) is 20.4. The molecule has 0 bridgehead atoms. The molecule has 1 heterocycles. The van der Waals surface area contributed by atoms with E-state index in [1.165, 1.54) is 12.1 Å². The summed E-state index contributed by atoms with van der Waals surface area (Å²) < 4.78 is 31.8. The van der Waals surface area contributed by atoms with Crippen LogP contribution in [0.3, 0.4) is 0 Å². The number of carbonyl (C=O) groups is 1. The molecule has 0 radical (unpaired) electrons. The highest BCUT2D eigenvalue weighted by Gasteiger charge is 2.28. The van der Waals surface area contributed by atoms with Gasteiger partial charge in [-0.15, -0.1) is 0 Å². The van der Waals surface area contributed by atoms with Gasteiger partial charge in [0.2, 0.25) is 5.91 Å². The fourth-order valence-corrected chi connectivity index (χ4v) is 6.06. The largest absolute Gasteiger partial charge is 0.488 e. The second-order valence-corrected chi connectivity index (χ2v) is 11.5. The van der Waals surface area contributed by atoms with Crippen LogP contribution in [0.5, 0.6) is 5.75 Å². The third-order valence-corrected chi connectivity index (χ3v) is 8.56. The van der Waals surface area contributed by atoms with Crippen LogP contribution in [0.15, 0.2) is 60.7 Å². The van der Waals surface area contributed by atoms with Crippen molar-refractivity contribution < 1.29 is 23.4 Å². The number of hydrogen-bond acceptors (Lipinski definition) is 6. The quantitative estimate of drug-likeness (QED) is 0.232. The first-order valence-electron chi connectivity index (χ1n) is 14.6. The van der Waals surface area contributed by atoms with Gasteiger partial charge in [-0.25, -0.2) is 4.39 Å². The molecular weight excluding hydrogens is 557 g/mol. The molecule has 1 saturated carbocycles. The van der Waals surface area contributed by atoms with Gasteiger partial charge in [0.1, 0.15) is 6.61 Å². The molecule has 9 heteroatoms. The molecule has 2 aliphatic rings. The Morgan fingerprint density at radius 1 is 1.00 bits per heavy atom. The van der Waals surface area contributed by atoms with E-state index in [9.17, 15) is 4.79 Å². The highest BCUT2D eigenvalue weighted by atomic mass is 35.5. The number of benzene rings is 3. The second-order valence-electron chi connectivity index (χ2n) is 11.1. The number of rotatable bonds is 13. The number of halogens is 2. The molecule has 4 N–H and O–H groups in total. The lowest BCUT2D eigenvalue weighted by Gasteiger charge is -2.36. The summed E-state index contributed by atoms with van der Waals surface area (Å²) in [5, 5.41) is 7.83. The van der Waals surface area contributed by atoms with Gasteiger partial charge in [0.15, 0.2) is 11.6 Å². The van der Waals surface area contributed by atoms with Crippen molar-refractivity contribution >= 4 is 17.5 Å².